The van der Waals surface area contributed by atoms with Crippen molar-refractivity contribution < 1.29 is 4.92 Å². The molecule has 0 aliphatic rings. The maximum atomic E-state index is 11.6. The largest absolute Gasteiger partial charge is 0.353 e. The third-order valence-corrected chi connectivity index (χ3v) is 3.60. The van der Waals surface area contributed by atoms with E-state index in [2.05, 4.69) is 25.6 Å². The van der Waals surface area contributed by atoms with Crippen LogP contribution in [-0.2, 0) is 6.42 Å². The minimum absolute atomic E-state index is 0.114. The van der Waals surface area contributed by atoms with E-state index in [0.29, 0.717) is 5.69 Å². The van der Waals surface area contributed by atoms with Crippen molar-refractivity contribution in [3.05, 3.63) is 70.8 Å². The van der Waals surface area contributed by atoms with Crippen molar-refractivity contribution in [2.24, 2.45) is 0 Å². The molecule has 0 saturated heterocycles. The molecule has 25 heavy (non-hydrogen) atoms. The zero-order chi connectivity index (χ0) is 17.6. The first-order valence-electron chi connectivity index (χ1n) is 7.70. The summed E-state index contributed by atoms with van der Waals surface area (Å²) >= 11 is 0. The summed E-state index contributed by atoms with van der Waals surface area (Å²) in [5.74, 6) is 0.250. The number of aryl methyl sites for hydroxylation is 1. The van der Waals surface area contributed by atoms with Crippen molar-refractivity contribution in [2.75, 3.05) is 10.6 Å². The van der Waals surface area contributed by atoms with Gasteiger partial charge in [-0.3, -0.25) is 15.1 Å². The van der Waals surface area contributed by atoms with E-state index in [9.17, 15) is 10.1 Å². The zero-order valence-corrected chi connectivity index (χ0v) is 13.5. The van der Waals surface area contributed by atoms with Gasteiger partial charge >= 0.3 is 5.69 Å². The second-order valence-electron chi connectivity index (χ2n) is 5.17. The first kappa shape index (κ1) is 16.3. The average molecular weight is 336 g/mol. The van der Waals surface area contributed by atoms with E-state index in [1.807, 2.05) is 31.2 Å². The van der Waals surface area contributed by atoms with Crippen LogP contribution in [0, 0.1) is 10.1 Å². The van der Waals surface area contributed by atoms with E-state index in [1.54, 1.807) is 24.5 Å². The molecular weight excluding hydrogens is 320 g/mol. The second-order valence-corrected chi connectivity index (χ2v) is 5.17. The molecule has 3 aromatic rings. The Morgan fingerprint density at radius 3 is 2.40 bits per heavy atom. The Balaban J connectivity index is 1.99. The second kappa shape index (κ2) is 7.35. The fourth-order valence-corrected chi connectivity index (χ4v) is 2.38. The quantitative estimate of drug-likeness (QED) is 0.520. The van der Waals surface area contributed by atoms with Gasteiger partial charge in [0, 0.05) is 23.8 Å². The Bertz CT molecular complexity index is 885. The molecule has 0 unspecified atom stereocenters. The van der Waals surface area contributed by atoms with Crippen LogP contribution in [0.3, 0.4) is 0 Å². The fraction of sp³-hybridized carbons (Fsp3) is 0.118. The molecule has 0 saturated carbocycles. The van der Waals surface area contributed by atoms with Gasteiger partial charge in [0.2, 0.25) is 11.6 Å². The van der Waals surface area contributed by atoms with Crippen LogP contribution in [0.25, 0.3) is 0 Å². The number of anilines is 4. The van der Waals surface area contributed by atoms with Crippen molar-refractivity contribution in [2.45, 2.75) is 13.3 Å². The normalized spacial score (nSPS) is 10.3. The fourth-order valence-electron chi connectivity index (χ4n) is 2.38. The molecule has 126 valence electrons. The summed E-state index contributed by atoms with van der Waals surface area (Å²) in [7, 11) is 0. The predicted molar refractivity (Wildman–Crippen MR) is 95.3 cm³/mol. The summed E-state index contributed by atoms with van der Waals surface area (Å²) in [6, 6.07) is 11.0. The molecular formula is C17H16N6O2. The first-order chi connectivity index (χ1) is 12.2. The van der Waals surface area contributed by atoms with Crippen LogP contribution < -0.4 is 10.6 Å². The Morgan fingerprint density at radius 1 is 1.04 bits per heavy atom. The molecule has 0 aliphatic heterocycles. The molecule has 2 heterocycles. The topological polar surface area (TPSA) is 106 Å². The summed E-state index contributed by atoms with van der Waals surface area (Å²) in [6.07, 6.45) is 5.26. The van der Waals surface area contributed by atoms with Crippen molar-refractivity contribution in [1.82, 2.24) is 15.0 Å². The smallest absolute Gasteiger partial charge is 0.334 e. The lowest BCUT2D eigenvalue weighted by Gasteiger charge is -2.12. The molecule has 1 aromatic carbocycles. The SMILES string of the molecule is CCc1ccccc1Nc1ncnc(Nc2ccncc2)c1[N+](=O)[O-]. The standard InChI is InChI=1S/C17H16N6O2/c1-2-12-5-3-4-6-14(12)22-17-15(23(24)25)16(19-11-20-17)21-13-7-9-18-10-8-13/h3-11H,2H2,1H3,(H2,18,19,20,21,22). The van der Waals surface area contributed by atoms with Crippen LogP contribution in [0.15, 0.2) is 55.1 Å². The lowest BCUT2D eigenvalue weighted by Crippen LogP contribution is -2.06. The molecule has 0 bridgehead atoms. The highest BCUT2D eigenvalue weighted by molar-refractivity contribution is 5.77. The number of nitro groups is 1. The third-order valence-electron chi connectivity index (χ3n) is 3.60. The average Bonchev–Trinajstić information content (AvgIpc) is 2.63. The highest BCUT2D eigenvalue weighted by Gasteiger charge is 2.23. The van der Waals surface area contributed by atoms with Gasteiger partial charge in [-0.15, -0.1) is 0 Å². The van der Waals surface area contributed by atoms with E-state index in [-0.39, 0.29) is 17.3 Å². The van der Waals surface area contributed by atoms with Gasteiger partial charge in [0.05, 0.1) is 4.92 Å². The van der Waals surface area contributed by atoms with E-state index in [0.717, 1.165) is 17.7 Å². The number of pyridine rings is 1. The summed E-state index contributed by atoms with van der Waals surface area (Å²) in [6.45, 7) is 2.02. The number of benzene rings is 1. The molecule has 0 aliphatic carbocycles. The molecule has 0 amide bonds. The highest BCUT2D eigenvalue weighted by Crippen LogP contribution is 2.33. The van der Waals surface area contributed by atoms with Crippen LogP contribution in [-0.4, -0.2) is 19.9 Å². The van der Waals surface area contributed by atoms with Crippen molar-refractivity contribution >= 4 is 28.7 Å². The molecule has 2 N–H and O–H groups in total. The molecule has 8 heteroatoms. The maximum absolute atomic E-state index is 11.6. The number of para-hydroxylation sites is 1. The third kappa shape index (κ3) is 3.69. The molecule has 0 radical (unpaired) electrons. The van der Waals surface area contributed by atoms with Gasteiger partial charge in [-0.05, 0) is 30.2 Å². The lowest BCUT2D eigenvalue weighted by atomic mass is 10.1. The van der Waals surface area contributed by atoms with E-state index in [4.69, 9.17) is 0 Å². The summed E-state index contributed by atoms with van der Waals surface area (Å²) < 4.78 is 0. The van der Waals surface area contributed by atoms with E-state index in [1.165, 1.54) is 6.33 Å². The first-order valence-corrected chi connectivity index (χ1v) is 7.70. The number of nitrogens with one attached hydrogen (secondary N) is 2. The van der Waals surface area contributed by atoms with Crippen molar-refractivity contribution in [3.63, 3.8) is 0 Å². The number of rotatable bonds is 6. The van der Waals surface area contributed by atoms with Gasteiger partial charge in [-0.2, -0.15) is 0 Å². The Morgan fingerprint density at radius 2 is 1.72 bits per heavy atom. The summed E-state index contributed by atoms with van der Waals surface area (Å²) in [5.41, 5.74) is 2.25. The molecule has 3 rings (SSSR count). The molecule has 0 atom stereocenters. The van der Waals surface area contributed by atoms with Gasteiger partial charge < -0.3 is 10.6 Å². The lowest BCUT2D eigenvalue weighted by molar-refractivity contribution is -0.383. The Labute approximate surface area is 144 Å². The van der Waals surface area contributed by atoms with Gasteiger partial charge in [-0.25, -0.2) is 9.97 Å². The van der Waals surface area contributed by atoms with Crippen LogP contribution >= 0.6 is 0 Å². The minimum atomic E-state index is -0.500. The molecule has 2 aromatic heterocycles. The van der Waals surface area contributed by atoms with Gasteiger partial charge in [-0.1, -0.05) is 25.1 Å². The van der Waals surface area contributed by atoms with Gasteiger partial charge in [0.25, 0.3) is 0 Å². The summed E-state index contributed by atoms with van der Waals surface area (Å²) in [5, 5.41) is 17.6. The maximum Gasteiger partial charge on any atom is 0.353 e. The molecule has 0 spiro atoms. The minimum Gasteiger partial charge on any atom is -0.334 e. The zero-order valence-electron chi connectivity index (χ0n) is 13.5. The number of nitrogens with zero attached hydrogens (tertiary/aromatic N) is 4. The van der Waals surface area contributed by atoms with Crippen LogP contribution in [0.2, 0.25) is 0 Å². The molecule has 0 fully saturated rings. The molecule has 8 nitrogen and oxygen atoms in total. The monoisotopic (exact) mass is 336 g/mol. The van der Waals surface area contributed by atoms with Gasteiger partial charge in [0.15, 0.2) is 0 Å². The predicted octanol–water partition coefficient (Wildman–Crippen LogP) is 3.83. The van der Waals surface area contributed by atoms with E-state index < -0.39 is 4.92 Å². The van der Waals surface area contributed by atoms with Crippen molar-refractivity contribution in [1.29, 1.82) is 0 Å². The number of aromatic nitrogens is 3. The van der Waals surface area contributed by atoms with Crippen LogP contribution in [0.4, 0.5) is 28.7 Å². The van der Waals surface area contributed by atoms with Gasteiger partial charge in [0.1, 0.15) is 6.33 Å². The number of hydrogen-bond acceptors (Lipinski definition) is 7. The Hall–Kier alpha value is -3.55. The van der Waals surface area contributed by atoms with E-state index >= 15 is 0 Å². The Kier molecular flexibility index (Phi) is 4.79. The van der Waals surface area contributed by atoms with Crippen molar-refractivity contribution in [3.8, 4) is 0 Å². The number of hydrogen-bond donors (Lipinski definition) is 2. The van der Waals surface area contributed by atoms with Crippen LogP contribution in [0.1, 0.15) is 12.5 Å². The summed E-state index contributed by atoms with van der Waals surface area (Å²) in [4.78, 5) is 23.1. The van der Waals surface area contributed by atoms with Crippen LogP contribution in [0.5, 0.6) is 0 Å². The highest BCUT2D eigenvalue weighted by atomic mass is 16.6.